The molecule has 0 heterocycles. The molecule has 0 spiro atoms. The number of benzene rings is 2. The fourth-order valence-electron chi connectivity index (χ4n) is 2.04. The number of non-ortho nitro benzene ring substituents is 1. The maximum atomic E-state index is 12.2. The van der Waals surface area contributed by atoms with Crippen molar-refractivity contribution in [3.05, 3.63) is 70.3 Å². The fraction of sp³-hybridized carbons (Fsp3) is 0.188. The molecule has 6 nitrogen and oxygen atoms in total. The number of hydrogen-bond donors (Lipinski definition) is 2. The number of alkyl halides is 3. The molecule has 0 aliphatic carbocycles. The number of nitro groups is 1. The van der Waals surface area contributed by atoms with Crippen LogP contribution in [0.2, 0.25) is 0 Å². The summed E-state index contributed by atoms with van der Waals surface area (Å²) in [6, 6.07) is 14.7. The van der Waals surface area contributed by atoms with Crippen LogP contribution in [0, 0.1) is 10.1 Å². The Bertz CT molecular complexity index is 734. The van der Waals surface area contributed by atoms with Crippen molar-refractivity contribution < 1.29 is 9.72 Å². The Hall–Kier alpha value is -2.02. The highest BCUT2D eigenvalue weighted by atomic mass is 35.6. The number of nitrogens with one attached hydrogen (secondary N) is 2. The summed E-state index contributed by atoms with van der Waals surface area (Å²) < 4.78 is -1.83. The van der Waals surface area contributed by atoms with Gasteiger partial charge in [-0.25, -0.2) is 0 Å². The minimum absolute atomic E-state index is 0.0657. The molecular formula is C16H14Cl3N3O3. The molecular weight excluding hydrogens is 389 g/mol. The Morgan fingerprint density at radius 3 is 2.20 bits per heavy atom. The first-order chi connectivity index (χ1) is 11.8. The van der Waals surface area contributed by atoms with Gasteiger partial charge in [0.25, 0.3) is 5.69 Å². The zero-order valence-electron chi connectivity index (χ0n) is 12.8. The molecule has 0 unspecified atom stereocenters. The van der Waals surface area contributed by atoms with Crippen LogP contribution in [0.1, 0.15) is 5.56 Å². The van der Waals surface area contributed by atoms with E-state index in [4.69, 9.17) is 34.8 Å². The third kappa shape index (κ3) is 6.08. The molecule has 0 aromatic heterocycles. The van der Waals surface area contributed by atoms with Gasteiger partial charge >= 0.3 is 0 Å². The van der Waals surface area contributed by atoms with Gasteiger partial charge in [-0.2, -0.15) is 0 Å². The SMILES string of the molecule is O=C(Cc1ccccc1)N[C@@H](Nc1ccc([N+](=O)[O-])cc1)C(Cl)(Cl)Cl. The number of halogens is 3. The zero-order valence-corrected chi connectivity index (χ0v) is 15.1. The molecule has 0 fully saturated rings. The maximum Gasteiger partial charge on any atom is 0.269 e. The second-order valence-corrected chi connectivity index (χ2v) is 7.52. The third-order valence-corrected chi connectivity index (χ3v) is 3.88. The van der Waals surface area contributed by atoms with E-state index < -0.39 is 14.9 Å². The van der Waals surface area contributed by atoms with Crippen LogP contribution in [0.5, 0.6) is 0 Å². The van der Waals surface area contributed by atoms with E-state index >= 15 is 0 Å². The van der Waals surface area contributed by atoms with Crippen molar-refractivity contribution >= 4 is 52.1 Å². The quantitative estimate of drug-likeness (QED) is 0.330. The molecule has 0 bridgehead atoms. The molecule has 0 saturated heterocycles. The fourth-order valence-corrected chi connectivity index (χ4v) is 2.37. The summed E-state index contributed by atoms with van der Waals surface area (Å²) in [5.74, 6) is -0.336. The van der Waals surface area contributed by atoms with Crippen molar-refractivity contribution in [1.29, 1.82) is 0 Å². The van der Waals surface area contributed by atoms with Gasteiger partial charge in [-0.1, -0.05) is 65.1 Å². The van der Waals surface area contributed by atoms with Crippen molar-refractivity contribution in [3.8, 4) is 0 Å². The molecule has 0 saturated carbocycles. The van der Waals surface area contributed by atoms with Crippen molar-refractivity contribution in [3.63, 3.8) is 0 Å². The molecule has 2 rings (SSSR count). The summed E-state index contributed by atoms with van der Waals surface area (Å²) in [4.78, 5) is 22.3. The van der Waals surface area contributed by atoms with Crippen LogP contribution in [0.4, 0.5) is 11.4 Å². The molecule has 2 aromatic carbocycles. The number of nitro benzene ring substituents is 1. The number of amides is 1. The minimum Gasteiger partial charge on any atom is -0.362 e. The predicted molar refractivity (Wildman–Crippen MR) is 99.1 cm³/mol. The van der Waals surface area contributed by atoms with E-state index in [1.807, 2.05) is 30.3 Å². The highest BCUT2D eigenvalue weighted by Gasteiger charge is 2.34. The lowest BCUT2D eigenvalue weighted by molar-refractivity contribution is -0.384. The number of hydrogen-bond acceptors (Lipinski definition) is 4. The van der Waals surface area contributed by atoms with Gasteiger partial charge in [0.05, 0.1) is 11.3 Å². The molecule has 1 atom stereocenters. The number of carbonyl (C=O) groups excluding carboxylic acids is 1. The second-order valence-electron chi connectivity index (χ2n) is 5.15. The van der Waals surface area contributed by atoms with Gasteiger partial charge in [0.15, 0.2) is 0 Å². The van der Waals surface area contributed by atoms with Crippen LogP contribution in [-0.2, 0) is 11.2 Å². The molecule has 0 aliphatic rings. The van der Waals surface area contributed by atoms with Crippen LogP contribution in [-0.4, -0.2) is 20.8 Å². The topological polar surface area (TPSA) is 84.3 Å². The Kier molecular flexibility index (Phi) is 6.47. The second kappa shape index (κ2) is 8.38. The van der Waals surface area contributed by atoms with Crippen LogP contribution >= 0.6 is 34.8 Å². The predicted octanol–water partition coefficient (Wildman–Crippen LogP) is 4.06. The monoisotopic (exact) mass is 401 g/mol. The van der Waals surface area contributed by atoms with Gasteiger partial charge in [-0.15, -0.1) is 0 Å². The van der Waals surface area contributed by atoms with E-state index in [9.17, 15) is 14.9 Å². The Morgan fingerprint density at radius 2 is 1.68 bits per heavy atom. The zero-order chi connectivity index (χ0) is 18.4. The average Bonchev–Trinajstić information content (AvgIpc) is 2.54. The summed E-state index contributed by atoms with van der Waals surface area (Å²) in [6.07, 6.45) is -0.893. The molecule has 0 radical (unpaired) electrons. The van der Waals surface area contributed by atoms with Gasteiger partial charge in [0.1, 0.15) is 6.17 Å². The first-order valence-electron chi connectivity index (χ1n) is 7.17. The number of rotatable bonds is 6. The van der Waals surface area contributed by atoms with Gasteiger partial charge in [0, 0.05) is 17.8 Å². The van der Waals surface area contributed by atoms with E-state index in [0.29, 0.717) is 5.69 Å². The molecule has 1 amide bonds. The highest BCUT2D eigenvalue weighted by Crippen LogP contribution is 2.31. The van der Waals surface area contributed by atoms with E-state index in [1.54, 1.807) is 0 Å². The largest absolute Gasteiger partial charge is 0.362 e. The lowest BCUT2D eigenvalue weighted by atomic mass is 10.1. The number of nitrogens with zero attached hydrogens (tertiary/aromatic N) is 1. The smallest absolute Gasteiger partial charge is 0.269 e. The number of carbonyl (C=O) groups is 1. The van der Waals surface area contributed by atoms with Crippen molar-refractivity contribution in [1.82, 2.24) is 5.32 Å². The minimum atomic E-state index is -1.83. The third-order valence-electron chi connectivity index (χ3n) is 3.23. The van der Waals surface area contributed by atoms with E-state index in [1.165, 1.54) is 24.3 Å². The maximum absolute atomic E-state index is 12.2. The first-order valence-corrected chi connectivity index (χ1v) is 8.30. The van der Waals surface area contributed by atoms with Crippen LogP contribution in [0.25, 0.3) is 0 Å². The summed E-state index contributed by atoms with van der Waals surface area (Å²) in [7, 11) is 0. The lowest BCUT2D eigenvalue weighted by Gasteiger charge is -2.27. The van der Waals surface area contributed by atoms with Gasteiger partial charge < -0.3 is 10.6 Å². The standard InChI is InChI=1S/C16H14Cl3N3O3/c17-16(18,19)15(20-12-6-8-13(9-7-12)22(24)25)21-14(23)10-11-4-2-1-3-5-11/h1-9,15,20H,10H2,(H,21,23)/t15-/m1/s1. The Labute approximate surface area is 159 Å². The van der Waals surface area contributed by atoms with Crippen molar-refractivity contribution in [2.75, 3.05) is 5.32 Å². The van der Waals surface area contributed by atoms with Crippen LogP contribution in [0.15, 0.2) is 54.6 Å². The first kappa shape index (κ1) is 19.3. The normalized spacial score (nSPS) is 12.3. The number of anilines is 1. The molecule has 0 aliphatic heterocycles. The van der Waals surface area contributed by atoms with E-state index in [0.717, 1.165) is 5.56 Å². The van der Waals surface area contributed by atoms with Crippen LogP contribution < -0.4 is 10.6 Å². The Morgan fingerprint density at radius 1 is 1.08 bits per heavy atom. The van der Waals surface area contributed by atoms with E-state index in [-0.39, 0.29) is 18.0 Å². The van der Waals surface area contributed by atoms with Gasteiger partial charge in [0.2, 0.25) is 9.70 Å². The van der Waals surface area contributed by atoms with Crippen molar-refractivity contribution in [2.24, 2.45) is 0 Å². The molecule has 9 heteroatoms. The lowest BCUT2D eigenvalue weighted by Crippen LogP contribution is -2.49. The summed E-state index contributed by atoms with van der Waals surface area (Å²) in [6.45, 7) is 0. The van der Waals surface area contributed by atoms with Crippen LogP contribution in [0.3, 0.4) is 0 Å². The molecule has 132 valence electrons. The average molecular weight is 403 g/mol. The molecule has 2 N–H and O–H groups in total. The van der Waals surface area contributed by atoms with Gasteiger partial charge in [-0.3, -0.25) is 14.9 Å². The molecule has 2 aromatic rings. The Balaban J connectivity index is 2.06. The van der Waals surface area contributed by atoms with Crippen molar-refractivity contribution in [2.45, 2.75) is 16.4 Å². The summed E-state index contributed by atoms with van der Waals surface area (Å²) >= 11 is 17.8. The summed E-state index contributed by atoms with van der Waals surface area (Å²) in [5.41, 5.74) is 1.21. The van der Waals surface area contributed by atoms with Gasteiger partial charge in [-0.05, 0) is 17.7 Å². The highest BCUT2D eigenvalue weighted by molar-refractivity contribution is 6.68. The molecule has 25 heavy (non-hydrogen) atoms. The van der Waals surface area contributed by atoms with E-state index in [2.05, 4.69) is 10.6 Å². The summed E-state index contributed by atoms with van der Waals surface area (Å²) in [5, 5.41) is 16.1.